The van der Waals surface area contributed by atoms with Crippen LogP contribution in [0.4, 0.5) is 0 Å². The molecule has 0 saturated carbocycles. The van der Waals surface area contributed by atoms with E-state index in [1.807, 2.05) is 13.8 Å². The van der Waals surface area contributed by atoms with Crippen molar-refractivity contribution < 1.29 is 13.2 Å². The largest absolute Gasteiger partial charge is 0.495 e. The molecule has 15 heavy (non-hydrogen) atoms. The van der Waals surface area contributed by atoms with Crippen molar-refractivity contribution in [1.29, 1.82) is 0 Å². The third-order valence-electron chi connectivity index (χ3n) is 2.56. The molecule has 0 heterocycles. The van der Waals surface area contributed by atoms with Crippen LogP contribution in [0.25, 0.3) is 0 Å². The van der Waals surface area contributed by atoms with Gasteiger partial charge in [-0.2, -0.15) is 0 Å². The Balaban J connectivity index is 3.51. The summed E-state index contributed by atoms with van der Waals surface area (Å²) in [5.74, 6) is 0.558. The molecule has 0 bridgehead atoms. The van der Waals surface area contributed by atoms with Crippen LogP contribution in [0.3, 0.4) is 0 Å². The summed E-state index contributed by atoms with van der Waals surface area (Å²) in [5, 5.41) is 0. The van der Waals surface area contributed by atoms with Gasteiger partial charge in [0, 0.05) is 0 Å². The Morgan fingerprint density at radius 2 is 1.87 bits per heavy atom. The van der Waals surface area contributed by atoms with E-state index in [1.54, 1.807) is 19.1 Å². The fourth-order valence-corrected chi connectivity index (χ4v) is 2.52. The Hall–Kier alpha value is -1.03. The van der Waals surface area contributed by atoms with Crippen molar-refractivity contribution >= 4 is 9.84 Å². The molecule has 1 aromatic rings. The Morgan fingerprint density at radius 1 is 1.27 bits per heavy atom. The fraction of sp³-hybridized carbons (Fsp3) is 0.455. The second-order valence-corrected chi connectivity index (χ2v) is 5.69. The standard InChI is InChI=1S/C11H16O3S/c1-5-15(12,13)10-7-6-8(2)9(3)11(10)14-4/h6-7H,5H2,1-4H3. The normalized spacial score (nSPS) is 11.5. The Labute approximate surface area is 91.0 Å². The molecule has 0 aliphatic heterocycles. The molecule has 0 spiro atoms. The zero-order valence-corrected chi connectivity index (χ0v) is 10.3. The fourth-order valence-electron chi connectivity index (χ4n) is 1.42. The molecule has 0 amide bonds. The van der Waals surface area contributed by atoms with Gasteiger partial charge in [0.25, 0.3) is 0 Å². The summed E-state index contributed by atoms with van der Waals surface area (Å²) >= 11 is 0. The summed E-state index contributed by atoms with van der Waals surface area (Å²) in [6.07, 6.45) is 0. The van der Waals surface area contributed by atoms with Gasteiger partial charge in [0.1, 0.15) is 10.6 Å². The van der Waals surface area contributed by atoms with Crippen molar-refractivity contribution in [3.05, 3.63) is 23.3 Å². The first-order valence-electron chi connectivity index (χ1n) is 4.81. The number of methoxy groups -OCH3 is 1. The smallest absolute Gasteiger partial charge is 0.181 e. The second kappa shape index (κ2) is 4.23. The van der Waals surface area contributed by atoms with Crippen LogP contribution in [0.5, 0.6) is 5.75 Å². The zero-order valence-electron chi connectivity index (χ0n) is 9.49. The predicted molar refractivity (Wildman–Crippen MR) is 60.2 cm³/mol. The van der Waals surface area contributed by atoms with Crippen LogP contribution in [0, 0.1) is 13.8 Å². The molecule has 0 unspecified atom stereocenters. The first-order chi connectivity index (χ1) is 6.94. The lowest BCUT2D eigenvalue weighted by Gasteiger charge is -2.12. The summed E-state index contributed by atoms with van der Waals surface area (Å²) in [6, 6.07) is 3.42. The number of ether oxygens (including phenoxy) is 1. The molecule has 0 saturated heterocycles. The van der Waals surface area contributed by atoms with E-state index in [0.717, 1.165) is 11.1 Å². The van der Waals surface area contributed by atoms with E-state index in [9.17, 15) is 8.42 Å². The number of benzene rings is 1. The van der Waals surface area contributed by atoms with E-state index in [1.165, 1.54) is 7.11 Å². The number of hydrogen-bond donors (Lipinski definition) is 0. The Bertz CT molecular complexity index is 461. The van der Waals surface area contributed by atoms with Gasteiger partial charge in [-0.25, -0.2) is 8.42 Å². The highest BCUT2D eigenvalue weighted by molar-refractivity contribution is 7.91. The van der Waals surface area contributed by atoms with Crippen LogP contribution >= 0.6 is 0 Å². The van der Waals surface area contributed by atoms with E-state index >= 15 is 0 Å². The molecule has 0 radical (unpaired) electrons. The van der Waals surface area contributed by atoms with Crippen molar-refractivity contribution in [1.82, 2.24) is 0 Å². The minimum absolute atomic E-state index is 0.0891. The SMILES string of the molecule is CCS(=O)(=O)c1ccc(C)c(C)c1OC. The highest BCUT2D eigenvalue weighted by Gasteiger charge is 2.19. The van der Waals surface area contributed by atoms with Crippen LogP contribution in [0.2, 0.25) is 0 Å². The van der Waals surface area contributed by atoms with Crippen molar-refractivity contribution in [2.45, 2.75) is 25.7 Å². The van der Waals surface area contributed by atoms with Gasteiger partial charge >= 0.3 is 0 Å². The molecule has 0 aliphatic carbocycles. The first-order valence-corrected chi connectivity index (χ1v) is 6.46. The van der Waals surface area contributed by atoms with Crippen LogP contribution < -0.4 is 4.74 Å². The number of rotatable bonds is 3. The topological polar surface area (TPSA) is 43.4 Å². The Morgan fingerprint density at radius 3 is 2.33 bits per heavy atom. The molecule has 1 aromatic carbocycles. The minimum atomic E-state index is -3.21. The van der Waals surface area contributed by atoms with Gasteiger partial charge in [-0.3, -0.25) is 0 Å². The van der Waals surface area contributed by atoms with Gasteiger partial charge in [-0.1, -0.05) is 13.0 Å². The third kappa shape index (κ3) is 2.15. The summed E-state index contributed by atoms with van der Waals surface area (Å²) < 4.78 is 28.7. The minimum Gasteiger partial charge on any atom is -0.495 e. The molecule has 0 aromatic heterocycles. The van der Waals surface area contributed by atoms with Crippen LogP contribution in [-0.2, 0) is 9.84 Å². The molecule has 1 rings (SSSR count). The molecule has 4 heteroatoms. The molecule has 0 atom stereocenters. The lowest BCUT2D eigenvalue weighted by atomic mass is 10.1. The number of sulfone groups is 1. The highest BCUT2D eigenvalue weighted by Crippen LogP contribution is 2.30. The van der Waals surface area contributed by atoms with Crippen molar-refractivity contribution in [3.63, 3.8) is 0 Å². The van der Waals surface area contributed by atoms with Gasteiger partial charge < -0.3 is 4.74 Å². The number of aryl methyl sites for hydroxylation is 1. The number of hydrogen-bond acceptors (Lipinski definition) is 3. The van der Waals surface area contributed by atoms with Crippen LogP contribution in [-0.4, -0.2) is 21.3 Å². The van der Waals surface area contributed by atoms with Gasteiger partial charge in [0.05, 0.1) is 12.9 Å². The maximum atomic E-state index is 11.8. The van der Waals surface area contributed by atoms with E-state index in [0.29, 0.717) is 5.75 Å². The average Bonchev–Trinajstić information content (AvgIpc) is 2.21. The summed E-state index contributed by atoms with van der Waals surface area (Å²) in [6.45, 7) is 5.42. The quantitative estimate of drug-likeness (QED) is 0.795. The molecule has 0 aliphatic rings. The van der Waals surface area contributed by atoms with Crippen molar-refractivity contribution in [3.8, 4) is 5.75 Å². The van der Waals surface area contributed by atoms with Crippen molar-refractivity contribution in [2.24, 2.45) is 0 Å². The summed E-state index contributed by atoms with van der Waals surface area (Å²) in [7, 11) is -1.71. The van der Waals surface area contributed by atoms with Crippen LogP contribution in [0.1, 0.15) is 18.1 Å². The van der Waals surface area contributed by atoms with E-state index in [4.69, 9.17) is 4.74 Å². The maximum Gasteiger partial charge on any atom is 0.181 e. The molecule has 0 N–H and O–H groups in total. The first kappa shape index (κ1) is 12.0. The molecule has 0 fully saturated rings. The molecule has 3 nitrogen and oxygen atoms in total. The summed E-state index contributed by atoms with van der Waals surface area (Å²) in [4.78, 5) is 0.288. The molecular weight excluding hydrogens is 212 g/mol. The van der Waals surface area contributed by atoms with Gasteiger partial charge in [0.15, 0.2) is 9.84 Å². The third-order valence-corrected chi connectivity index (χ3v) is 4.31. The van der Waals surface area contributed by atoms with E-state index in [-0.39, 0.29) is 10.6 Å². The van der Waals surface area contributed by atoms with Crippen LogP contribution in [0.15, 0.2) is 17.0 Å². The molecular formula is C11H16O3S. The highest BCUT2D eigenvalue weighted by atomic mass is 32.2. The average molecular weight is 228 g/mol. The monoisotopic (exact) mass is 228 g/mol. The lowest BCUT2D eigenvalue weighted by molar-refractivity contribution is 0.399. The summed E-state index contributed by atoms with van der Waals surface area (Å²) in [5.41, 5.74) is 1.91. The molecule has 84 valence electrons. The van der Waals surface area contributed by atoms with E-state index in [2.05, 4.69) is 0 Å². The zero-order chi connectivity index (χ0) is 11.6. The predicted octanol–water partition coefficient (Wildman–Crippen LogP) is 2.11. The second-order valence-electron chi connectivity index (χ2n) is 3.44. The van der Waals surface area contributed by atoms with Gasteiger partial charge in [-0.05, 0) is 31.0 Å². The van der Waals surface area contributed by atoms with Gasteiger partial charge in [-0.15, -0.1) is 0 Å². The lowest BCUT2D eigenvalue weighted by Crippen LogP contribution is -2.07. The maximum absolute atomic E-state index is 11.8. The Kier molecular flexibility index (Phi) is 3.39. The van der Waals surface area contributed by atoms with Crippen molar-refractivity contribution in [2.75, 3.05) is 12.9 Å². The van der Waals surface area contributed by atoms with E-state index < -0.39 is 9.84 Å². The van der Waals surface area contributed by atoms with Gasteiger partial charge in [0.2, 0.25) is 0 Å².